The SMILES string of the molecule is [2H]C([2H])([2H])C([2H])([2H])N1C[C@H](CCN2C([2H])([2H])C([2H])([2H])OC([2H])([2H])C2([2H])[2H])C(c2ccccc2)(c2ccccc2)C1=O. The lowest BCUT2D eigenvalue weighted by Gasteiger charge is -2.36. The number of carbonyl (C=O) groups excluding carboxylic acids is 1. The van der Waals surface area contributed by atoms with Gasteiger partial charge in [-0.3, -0.25) is 9.69 Å². The third kappa shape index (κ3) is 3.36. The van der Waals surface area contributed by atoms with Crippen LogP contribution in [-0.2, 0) is 14.9 Å². The Kier molecular flexibility index (Phi) is 2.75. The van der Waals surface area contributed by atoms with Gasteiger partial charge in [-0.2, -0.15) is 0 Å². The number of benzene rings is 2. The molecule has 2 aliphatic rings. The number of morpholine rings is 1. The minimum atomic E-state index is -3.26. The lowest BCUT2D eigenvalue weighted by atomic mass is 9.66. The van der Waals surface area contributed by atoms with Crippen molar-refractivity contribution >= 4 is 5.91 Å². The van der Waals surface area contributed by atoms with Crippen LogP contribution < -0.4 is 0 Å². The monoisotopic (exact) mass is 391 g/mol. The number of rotatable bonds is 6. The Labute approximate surface area is 186 Å². The molecule has 1 amide bonds. The lowest BCUT2D eigenvalue weighted by molar-refractivity contribution is -0.131. The summed E-state index contributed by atoms with van der Waals surface area (Å²) in [6.07, 6.45) is -0.270. The first-order valence-electron chi connectivity index (χ1n) is 15.6. The van der Waals surface area contributed by atoms with E-state index < -0.39 is 69.8 Å². The third-order valence-corrected chi connectivity index (χ3v) is 5.36. The summed E-state index contributed by atoms with van der Waals surface area (Å²) in [6.45, 7) is -20.2. The number of likely N-dealkylation sites (tertiary alicyclic amines) is 1. The fourth-order valence-corrected chi connectivity index (χ4v) is 4.13. The topological polar surface area (TPSA) is 32.8 Å². The lowest BCUT2D eigenvalue weighted by Crippen LogP contribution is -2.43. The van der Waals surface area contributed by atoms with Gasteiger partial charge in [0, 0.05) is 44.3 Å². The second kappa shape index (κ2) is 8.46. The van der Waals surface area contributed by atoms with E-state index in [-0.39, 0.29) is 6.42 Å². The minimum absolute atomic E-state index is 0.270. The fraction of sp³-hybridized carbons (Fsp3) is 0.458. The van der Waals surface area contributed by atoms with Gasteiger partial charge in [-0.25, -0.2) is 0 Å². The zero-order valence-corrected chi connectivity index (χ0v) is 15.2. The van der Waals surface area contributed by atoms with E-state index in [9.17, 15) is 4.79 Å². The quantitative estimate of drug-likeness (QED) is 0.758. The first-order valence-corrected chi connectivity index (χ1v) is 9.07. The summed E-state index contributed by atoms with van der Waals surface area (Å²) in [6, 6.07) is 16.6. The third-order valence-electron chi connectivity index (χ3n) is 5.36. The highest BCUT2D eigenvalue weighted by Crippen LogP contribution is 2.47. The van der Waals surface area contributed by atoms with Crippen LogP contribution in [0.1, 0.15) is 42.2 Å². The summed E-state index contributed by atoms with van der Waals surface area (Å²) in [5, 5.41) is 0. The van der Waals surface area contributed by atoms with Crippen molar-refractivity contribution in [2.75, 3.05) is 45.7 Å². The van der Waals surface area contributed by atoms with Crippen LogP contribution in [0.5, 0.6) is 0 Å². The summed E-state index contributed by atoms with van der Waals surface area (Å²) >= 11 is 0. The average Bonchev–Trinajstić information content (AvgIpc) is 3.16. The first kappa shape index (κ1) is 9.10. The van der Waals surface area contributed by atoms with Gasteiger partial charge in [0.05, 0.1) is 18.6 Å². The van der Waals surface area contributed by atoms with Crippen LogP contribution in [0.3, 0.4) is 0 Å². The molecule has 2 aliphatic heterocycles. The van der Waals surface area contributed by atoms with E-state index >= 15 is 0 Å². The van der Waals surface area contributed by atoms with E-state index in [4.69, 9.17) is 17.8 Å². The van der Waals surface area contributed by atoms with Crippen LogP contribution in [0.15, 0.2) is 60.7 Å². The zero-order chi connectivity index (χ0) is 30.9. The van der Waals surface area contributed by atoms with E-state index in [2.05, 4.69) is 4.74 Å². The fourth-order valence-electron chi connectivity index (χ4n) is 4.13. The molecule has 0 unspecified atom stereocenters. The molecule has 0 aliphatic carbocycles. The molecule has 2 fully saturated rings. The zero-order valence-electron chi connectivity index (χ0n) is 28.2. The van der Waals surface area contributed by atoms with Crippen molar-refractivity contribution in [1.29, 1.82) is 0 Å². The molecule has 0 radical (unpaired) electrons. The van der Waals surface area contributed by atoms with Crippen LogP contribution in [0, 0.1) is 5.92 Å². The van der Waals surface area contributed by atoms with Gasteiger partial charge in [0.2, 0.25) is 5.91 Å². The van der Waals surface area contributed by atoms with E-state index in [0.717, 1.165) is 0 Å². The molecule has 0 bridgehead atoms. The predicted molar refractivity (Wildman–Crippen MR) is 111 cm³/mol. The van der Waals surface area contributed by atoms with Crippen LogP contribution in [0.4, 0.5) is 0 Å². The molecule has 2 aromatic carbocycles. The van der Waals surface area contributed by atoms with Gasteiger partial charge in [-0.1, -0.05) is 60.7 Å². The van der Waals surface area contributed by atoms with Crippen molar-refractivity contribution < 1.29 is 27.4 Å². The van der Waals surface area contributed by atoms with Gasteiger partial charge in [0.1, 0.15) is 5.41 Å². The van der Waals surface area contributed by atoms with Crippen molar-refractivity contribution in [3.05, 3.63) is 71.8 Å². The number of likely N-dealkylation sites (N-methyl/N-ethyl adjacent to an activating group) is 1. The molecule has 4 heteroatoms. The van der Waals surface area contributed by atoms with Crippen LogP contribution in [0.25, 0.3) is 0 Å². The molecule has 0 saturated carbocycles. The van der Waals surface area contributed by atoms with Crippen molar-refractivity contribution in [2.45, 2.75) is 18.7 Å². The number of carbonyl (C=O) groups is 1. The molecule has 4 nitrogen and oxygen atoms in total. The van der Waals surface area contributed by atoms with Gasteiger partial charge in [0.15, 0.2) is 0 Å². The summed E-state index contributed by atoms with van der Waals surface area (Å²) in [4.78, 5) is 15.4. The predicted octanol–water partition coefficient (Wildman–Crippen LogP) is 3.17. The van der Waals surface area contributed by atoms with Crippen LogP contribution in [0.2, 0.25) is 0 Å². The maximum absolute atomic E-state index is 14.4. The smallest absolute Gasteiger partial charge is 0.238 e. The highest BCUT2D eigenvalue weighted by Gasteiger charge is 2.55. The highest BCUT2D eigenvalue weighted by molar-refractivity contribution is 5.94. The van der Waals surface area contributed by atoms with Crippen LogP contribution in [-0.4, -0.2) is 61.4 Å². The van der Waals surface area contributed by atoms with Gasteiger partial charge in [-0.15, -0.1) is 0 Å². The minimum Gasteiger partial charge on any atom is -0.379 e. The summed E-state index contributed by atoms with van der Waals surface area (Å²) in [5.74, 6) is -1.82. The Balaban J connectivity index is 1.88. The Morgan fingerprint density at radius 1 is 1.11 bits per heavy atom. The van der Waals surface area contributed by atoms with Crippen molar-refractivity contribution in [1.82, 2.24) is 9.80 Å². The number of nitrogens with zero attached hydrogens (tertiary/aromatic N) is 2. The second-order valence-electron chi connectivity index (χ2n) is 6.73. The standard InChI is InChI=1S/C24H30N2O2/c1-2-26-19-22(13-14-25-15-17-28-18-16-25)24(23(26)27,20-9-5-3-6-10-20)21-11-7-4-8-12-21/h3-12,22H,2,13-19H2,1H3/t22-/m0/s1/i1D3,2D2,15D2,16D2,17D2,18D2. The number of ether oxygens (including phenoxy) is 1. The molecule has 2 heterocycles. The molecule has 4 rings (SSSR count). The van der Waals surface area contributed by atoms with E-state index in [1.807, 2.05) is 0 Å². The van der Waals surface area contributed by atoms with Crippen molar-refractivity contribution in [3.63, 3.8) is 0 Å². The summed E-state index contributed by atoms with van der Waals surface area (Å²) in [7, 11) is 0. The van der Waals surface area contributed by atoms with Crippen molar-refractivity contribution in [3.8, 4) is 0 Å². The molecule has 2 saturated heterocycles. The molecular weight excluding hydrogens is 348 g/mol. The Morgan fingerprint density at radius 3 is 2.29 bits per heavy atom. The molecule has 0 aromatic heterocycles. The van der Waals surface area contributed by atoms with Crippen LogP contribution >= 0.6 is 0 Å². The van der Waals surface area contributed by atoms with Gasteiger partial charge >= 0.3 is 0 Å². The Hall–Kier alpha value is -2.17. The van der Waals surface area contributed by atoms with E-state index in [0.29, 0.717) is 20.9 Å². The van der Waals surface area contributed by atoms with Crippen molar-refractivity contribution in [2.24, 2.45) is 5.92 Å². The van der Waals surface area contributed by atoms with Gasteiger partial charge < -0.3 is 9.64 Å². The highest BCUT2D eigenvalue weighted by atomic mass is 16.5. The van der Waals surface area contributed by atoms with Gasteiger partial charge in [-0.05, 0) is 30.9 Å². The maximum Gasteiger partial charge on any atom is 0.238 e. The maximum atomic E-state index is 14.4. The molecule has 28 heavy (non-hydrogen) atoms. The van der Waals surface area contributed by atoms with E-state index in [1.54, 1.807) is 60.7 Å². The molecule has 0 spiro atoms. The number of amides is 1. The molecule has 2 aromatic rings. The Bertz CT molecular complexity index is 1200. The second-order valence-corrected chi connectivity index (χ2v) is 6.73. The normalized spacial score (nSPS) is 37.6. The average molecular weight is 392 g/mol. The number of hydrogen-bond acceptors (Lipinski definition) is 3. The summed E-state index contributed by atoms with van der Waals surface area (Å²) < 4.78 is 110. The molecule has 148 valence electrons. The summed E-state index contributed by atoms with van der Waals surface area (Å²) in [5.41, 5.74) is -0.863. The van der Waals surface area contributed by atoms with Gasteiger partial charge in [0.25, 0.3) is 0 Å². The molecular formula is C24H30N2O2. The number of hydrogen-bond donors (Lipinski definition) is 0. The largest absolute Gasteiger partial charge is 0.379 e. The molecule has 1 atom stereocenters. The van der Waals surface area contributed by atoms with E-state index in [1.165, 1.54) is 0 Å². The first-order chi connectivity index (χ1) is 18.7. The molecule has 0 N–H and O–H groups in total. The Morgan fingerprint density at radius 2 is 1.71 bits per heavy atom.